The lowest BCUT2D eigenvalue weighted by Gasteiger charge is -2.14. The third-order valence-electron chi connectivity index (χ3n) is 4.99. The number of nitro groups is 1. The molecule has 0 saturated carbocycles. The molecule has 2 aromatic carbocycles. The highest BCUT2D eigenvalue weighted by atomic mass is 35.5. The number of nitrogens with zero attached hydrogens (tertiary/aromatic N) is 4. The van der Waals surface area contributed by atoms with Crippen molar-refractivity contribution in [1.29, 1.82) is 0 Å². The number of halogens is 2. The molecule has 0 saturated heterocycles. The number of carbonyl (C=O) groups is 2. The Labute approximate surface area is 180 Å². The van der Waals surface area contributed by atoms with Gasteiger partial charge in [-0.1, -0.05) is 35.3 Å². The van der Waals surface area contributed by atoms with E-state index in [-0.39, 0.29) is 11.1 Å². The van der Waals surface area contributed by atoms with Crippen LogP contribution in [0.4, 0.5) is 11.4 Å². The summed E-state index contributed by atoms with van der Waals surface area (Å²) in [6.45, 7) is 3.68. The number of imide groups is 1. The largest absolute Gasteiger partial charge is 0.283 e. The van der Waals surface area contributed by atoms with E-state index in [9.17, 15) is 19.7 Å². The first-order chi connectivity index (χ1) is 14.2. The van der Waals surface area contributed by atoms with Gasteiger partial charge in [0.1, 0.15) is 5.56 Å². The summed E-state index contributed by atoms with van der Waals surface area (Å²) in [6, 6.07) is 9.10. The summed E-state index contributed by atoms with van der Waals surface area (Å²) < 4.78 is 1.62. The highest BCUT2D eigenvalue weighted by molar-refractivity contribution is 6.36. The normalized spacial score (nSPS) is 13.1. The van der Waals surface area contributed by atoms with Crippen LogP contribution in [0.25, 0.3) is 0 Å². The molecule has 1 aromatic heterocycles. The summed E-state index contributed by atoms with van der Waals surface area (Å²) in [6.07, 6.45) is 0. The minimum Gasteiger partial charge on any atom is -0.268 e. The predicted octanol–water partition coefficient (Wildman–Crippen LogP) is 4.56. The van der Waals surface area contributed by atoms with Gasteiger partial charge in [-0.25, -0.2) is 4.90 Å². The molecule has 8 nitrogen and oxygen atoms in total. The number of hydrogen-bond acceptors (Lipinski definition) is 5. The van der Waals surface area contributed by atoms with E-state index in [0.717, 1.165) is 10.5 Å². The van der Waals surface area contributed by atoms with Crippen LogP contribution in [0.15, 0.2) is 36.4 Å². The number of fused-ring (bicyclic) bond motifs is 1. The first-order valence-electron chi connectivity index (χ1n) is 8.84. The van der Waals surface area contributed by atoms with Gasteiger partial charge < -0.3 is 0 Å². The number of aromatic nitrogens is 2. The van der Waals surface area contributed by atoms with E-state index in [0.29, 0.717) is 33.7 Å². The van der Waals surface area contributed by atoms with Crippen LogP contribution < -0.4 is 4.90 Å². The molecule has 0 N–H and O–H groups in total. The summed E-state index contributed by atoms with van der Waals surface area (Å²) in [5.41, 5.74) is 1.45. The minimum absolute atomic E-state index is 0.00138. The van der Waals surface area contributed by atoms with Crippen molar-refractivity contribution >= 4 is 46.4 Å². The lowest BCUT2D eigenvalue weighted by atomic mass is 10.1. The van der Waals surface area contributed by atoms with Crippen LogP contribution in [-0.2, 0) is 6.54 Å². The molecule has 2 amide bonds. The van der Waals surface area contributed by atoms with Crippen LogP contribution in [0, 0.1) is 24.0 Å². The molecule has 0 unspecified atom stereocenters. The SMILES string of the molecule is Cc1nn(Cc2ccc(Cl)cc2Cl)c(C)c1N1C(=O)c2cccc([N+](=O)[O-])c2C1=O. The van der Waals surface area contributed by atoms with E-state index in [1.54, 1.807) is 36.7 Å². The quantitative estimate of drug-likeness (QED) is 0.333. The van der Waals surface area contributed by atoms with Gasteiger partial charge in [-0.05, 0) is 37.6 Å². The topological polar surface area (TPSA) is 98.3 Å². The lowest BCUT2D eigenvalue weighted by molar-refractivity contribution is -0.385. The maximum absolute atomic E-state index is 13.0. The molecule has 10 heteroatoms. The van der Waals surface area contributed by atoms with Crippen molar-refractivity contribution in [3.8, 4) is 0 Å². The molecule has 4 rings (SSSR count). The van der Waals surface area contributed by atoms with Gasteiger partial charge in [0.25, 0.3) is 17.5 Å². The molecule has 1 aliphatic rings. The van der Waals surface area contributed by atoms with E-state index in [1.165, 1.54) is 18.2 Å². The maximum Gasteiger partial charge on any atom is 0.283 e. The molecular weight excluding hydrogens is 431 g/mol. The Morgan fingerprint density at radius 3 is 2.50 bits per heavy atom. The molecule has 0 radical (unpaired) electrons. The van der Waals surface area contributed by atoms with Gasteiger partial charge in [0.05, 0.1) is 34.1 Å². The summed E-state index contributed by atoms with van der Waals surface area (Å²) in [4.78, 5) is 37.6. The smallest absolute Gasteiger partial charge is 0.268 e. The van der Waals surface area contributed by atoms with Gasteiger partial charge in [-0.15, -0.1) is 0 Å². The summed E-state index contributed by atoms with van der Waals surface area (Å²) in [5, 5.41) is 16.8. The number of carbonyl (C=O) groups excluding carboxylic acids is 2. The van der Waals surface area contributed by atoms with Crippen molar-refractivity contribution in [3.63, 3.8) is 0 Å². The van der Waals surface area contributed by atoms with Gasteiger partial charge in [-0.2, -0.15) is 5.10 Å². The Morgan fingerprint density at radius 1 is 1.10 bits per heavy atom. The number of anilines is 1. The highest BCUT2D eigenvalue weighted by Crippen LogP contribution is 2.37. The first-order valence-corrected chi connectivity index (χ1v) is 9.60. The van der Waals surface area contributed by atoms with E-state index in [4.69, 9.17) is 23.2 Å². The van der Waals surface area contributed by atoms with Crippen molar-refractivity contribution in [2.45, 2.75) is 20.4 Å². The van der Waals surface area contributed by atoms with E-state index < -0.39 is 22.4 Å². The average molecular weight is 445 g/mol. The molecule has 1 aliphatic heterocycles. The number of aryl methyl sites for hydroxylation is 1. The summed E-state index contributed by atoms with van der Waals surface area (Å²) >= 11 is 12.2. The van der Waals surface area contributed by atoms with Gasteiger partial charge in [0.2, 0.25) is 0 Å². The fourth-order valence-corrected chi connectivity index (χ4v) is 4.07. The zero-order chi connectivity index (χ0) is 21.7. The Morgan fingerprint density at radius 2 is 1.83 bits per heavy atom. The van der Waals surface area contributed by atoms with Crippen LogP contribution in [0.3, 0.4) is 0 Å². The fourth-order valence-electron chi connectivity index (χ4n) is 3.60. The highest BCUT2D eigenvalue weighted by Gasteiger charge is 2.43. The second kappa shape index (κ2) is 7.23. The third kappa shape index (κ3) is 3.05. The molecule has 0 aliphatic carbocycles. The van der Waals surface area contributed by atoms with Crippen molar-refractivity contribution in [2.75, 3.05) is 4.90 Å². The van der Waals surface area contributed by atoms with Crippen LogP contribution in [0.5, 0.6) is 0 Å². The van der Waals surface area contributed by atoms with Crippen LogP contribution in [0.2, 0.25) is 10.0 Å². The molecule has 0 spiro atoms. The number of hydrogen-bond donors (Lipinski definition) is 0. The van der Waals surface area contributed by atoms with Crippen molar-refractivity contribution < 1.29 is 14.5 Å². The first kappa shape index (κ1) is 20.1. The van der Waals surface area contributed by atoms with Crippen molar-refractivity contribution in [1.82, 2.24) is 9.78 Å². The van der Waals surface area contributed by atoms with Crippen LogP contribution in [-0.4, -0.2) is 26.5 Å². The zero-order valence-corrected chi connectivity index (χ0v) is 17.4. The van der Waals surface area contributed by atoms with Gasteiger partial charge >= 0.3 is 0 Å². The molecule has 0 bridgehead atoms. The summed E-state index contributed by atoms with van der Waals surface area (Å²) in [7, 11) is 0. The van der Waals surface area contributed by atoms with E-state index >= 15 is 0 Å². The molecule has 30 heavy (non-hydrogen) atoms. The molecule has 2 heterocycles. The minimum atomic E-state index is -0.738. The maximum atomic E-state index is 13.0. The number of benzene rings is 2. The second-order valence-electron chi connectivity index (χ2n) is 6.82. The second-order valence-corrected chi connectivity index (χ2v) is 7.66. The Kier molecular flexibility index (Phi) is 4.83. The molecule has 3 aromatic rings. The predicted molar refractivity (Wildman–Crippen MR) is 112 cm³/mol. The Hall–Kier alpha value is -3.23. The van der Waals surface area contributed by atoms with Gasteiger partial charge in [-0.3, -0.25) is 24.4 Å². The lowest BCUT2D eigenvalue weighted by Crippen LogP contribution is -2.30. The molecule has 0 fully saturated rings. The van der Waals surface area contributed by atoms with Gasteiger partial charge in [0.15, 0.2) is 0 Å². The molecule has 152 valence electrons. The van der Waals surface area contributed by atoms with Gasteiger partial charge in [0, 0.05) is 16.1 Å². The molecular formula is C20H14Cl2N4O4. The van der Waals surface area contributed by atoms with Crippen LogP contribution >= 0.6 is 23.2 Å². The Balaban J connectivity index is 1.77. The number of amides is 2. The third-order valence-corrected chi connectivity index (χ3v) is 5.58. The number of nitro benzene ring substituents is 1. The van der Waals surface area contributed by atoms with Crippen molar-refractivity contribution in [3.05, 3.63) is 84.6 Å². The van der Waals surface area contributed by atoms with Crippen LogP contribution in [0.1, 0.15) is 37.7 Å². The zero-order valence-electron chi connectivity index (χ0n) is 15.8. The molecule has 0 atom stereocenters. The fraction of sp³-hybridized carbons (Fsp3) is 0.150. The standard InChI is InChI=1S/C20H14Cl2N4O4/c1-10-18(11(2)24(23-10)9-12-6-7-13(21)8-15(12)22)25-19(27)14-4-3-5-16(26(29)30)17(14)20(25)28/h3-8H,9H2,1-2H3. The Bertz CT molecular complexity index is 1250. The van der Waals surface area contributed by atoms with Crippen molar-refractivity contribution in [2.24, 2.45) is 0 Å². The van der Waals surface area contributed by atoms with E-state index in [1.807, 2.05) is 0 Å². The average Bonchev–Trinajstić information content (AvgIpc) is 3.10. The summed E-state index contributed by atoms with van der Waals surface area (Å²) in [5.74, 6) is -1.36. The number of rotatable bonds is 4. The monoisotopic (exact) mass is 444 g/mol. The van der Waals surface area contributed by atoms with E-state index in [2.05, 4.69) is 5.10 Å².